The van der Waals surface area contributed by atoms with E-state index in [9.17, 15) is 4.79 Å². The van der Waals surface area contributed by atoms with Gasteiger partial charge in [0.2, 0.25) is 0 Å². The number of carbonyl (C=O) groups is 1. The first-order valence-electron chi connectivity index (χ1n) is 16.9. The summed E-state index contributed by atoms with van der Waals surface area (Å²) in [6, 6.07) is 0. The van der Waals surface area contributed by atoms with Gasteiger partial charge in [-0.3, -0.25) is 4.79 Å². The van der Waals surface area contributed by atoms with Crippen molar-refractivity contribution in [2.75, 3.05) is 13.2 Å². The number of rotatable bonds is 27. The van der Waals surface area contributed by atoms with Crippen molar-refractivity contribution in [2.45, 2.75) is 149 Å². The molecule has 236 valence electrons. The van der Waals surface area contributed by atoms with Crippen molar-refractivity contribution < 1.29 is 14.6 Å². The van der Waals surface area contributed by atoms with Gasteiger partial charge < -0.3 is 9.84 Å². The minimum atomic E-state index is -0.0522. The zero-order chi connectivity index (χ0) is 30.3. The SMILES string of the molecule is CC/C=C\C/C=C\C/C=C\CCCCCCCC(=O)OCC.CC/C=C\C/C=C\C/C=C\CCCCCCCCO. The highest BCUT2D eigenvalue weighted by Gasteiger charge is 2.00. The van der Waals surface area contributed by atoms with E-state index in [2.05, 4.69) is 86.8 Å². The molecule has 0 atom stereocenters. The third-order valence-corrected chi connectivity index (χ3v) is 6.40. The molecule has 0 aromatic heterocycles. The first kappa shape index (κ1) is 41.0. The quantitative estimate of drug-likeness (QED) is 0.0607. The number of esters is 1. The fourth-order valence-corrected chi connectivity index (χ4v) is 4.03. The van der Waals surface area contributed by atoms with Crippen molar-refractivity contribution in [1.29, 1.82) is 0 Å². The Morgan fingerprint density at radius 3 is 1.27 bits per heavy atom. The second-order valence-corrected chi connectivity index (χ2v) is 10.3. The summed E-state index contributed by atoms with van der Waals surface area (Å²) in [6.07, 6.45) is 49.5. The van der Waals surface area contributed by atoms with Crippen molar-refractivity contribution in [3.05, 3.63) is 72.9 Å². The van der Waals surface area contributed by atoms with Gasteiger partial charge in [-0.15, -0.1) is 0 Å². The number of carbonyl (C=O) groups excluding carboxylic acids is 1. The summed E-state index contributed by atoms with van der Waals surface area (Å²) < 4.78 is 4.90. The van der Waals surface area contributed by atoms with E-state index in [1.165, 1.54) is 64.2 Å². The normalized spacial score (nSPS) is 12.1. The van der Waals surface area contributed by atoms with Gasteiger partial charge in [0, 0.05) is 13.0 Å². The van der Waals surface area contributed by atoms with Gasteiger partial charge in [-0.2, -0.15) is 0 Å². The van der Waals surface area contributed by atoms with E-state index in [1.54, 1.807) is 0 Å². The maximum absolute atomic E-state index is 11.1. The molecule has 0 unspecified atom stereocenters. The number of aliphatic hydroxyl groups excluding tert-OH is 1. The minimum Gasteiger partial charge on any atom is -0.466 e. The van der Waals surface area contributed by atoms with Gasteiger partial charge >= 0.3 is 5.97 Å². The highest BCUT2D eigenvalue weighted by atomic mass is 16.5. The fourth-order valence-electron chi connectivity index (χ4n) is 4.03. The molecule has 0 aliphatic carbocycles. The first-order chi connectivity index (χ1) is 20.2. The summed E-state index contributed by atoms with van der Waals surface area (Å²) in [7, 11) is 0. The number of unbranched alkanes of at least 4 members (excludes halogenated alkanes) is 11. The van der Waals surface area contributed by atoms with Crippen LogP contribution in [0.2, 0.25) is 0 Å². The van der Waals surface area contributed by atoms with E-state index in [4.69, 9.17) is 9.84 Å². The lowest BCUT2D eigenvalue weighted by Gasteiger charge is -2.01. The molecule has 0 aromatic rings. The Labute approximate surface area is 255 Å². The number of hydrogen-bond acceptors (Lipinski definition) is 3. The molecule has 0 spiro atoms. The average Bonchev–Trinajstić information content (AvgIpc) is 2.97. The maximum atomic E-state index is 11.1. The Hall–Kier alpha value is -2.13. The Morgan fingerprint density at radius 2 is 0.854 bits per heavy atom. The zero-order valence-corrected chi connectivity index (χ0v) is 27.2. The van der Waals surface area contributed by atoms with Gasteiger partial charge in [0.15, 0.2) is 0 Å². The van der Waals surface area contributed by atoms with E-state index in [0.29, 0.717) is 19.6 Å². The number of aliphatic hydroxyl groups is 1. The van der Waals surface area contributed by atoms with Crippen LogP contribution in [0.5, 0.6) is 0 Å². The van der Waals surface area contributed by atoms with Crippen LogP contribution in [0.3, 0.4) is 0 Å². The largest absolute Gasteiger partial charge is 0.466 e. The van der Waals surface area contributed by atoms with Crippen LogP contribution in [0.15, 0.2) is 72.9 Å². The minimum absolute atomic E-state index is 0.0522. The van der Waals surface area contributed by atoms with Crippen LogP contribution in [-0.4, -0.2) is 24.3 Å². The second-order valence-electron chi connectivity index (χ2n) is 10.3. The fraction of sp³-hybridized carbons (Fsp3) is 0.658. The molecule has 0 radical (unpaired) electrons. The summed E-state index contributed by atoms with van der Waals surface area (Å²) in [4.78, 5) is 11.1. The molecule has 41 heavy (non-hydrogen) atoms. The van der Waals surface area contributed by atoms with Crippen molar-refractivity contribution in [3.8, 4) is 0 Å². The molecule has 0 saturated heterocycles. The molecular weight excluding hydrogens is 504 g/mol. The third-order valence-electron chi connectivity index (χ3n) is 6.40. The molecule has 3 nitrogen and oxygen atoms in total. The van der Waals surface area contributed by atoms with Crippen molar-refractivity contribution in [3.63, 3.8) is 0 Å². The average molecular weight is 571 g/mol. The molecule has 0 aromatic carbocycles. The van der Waals surface area contributed by atoms with Gasteiger partial charge in [0.25, 0.3) is 0 Å². The van der Waals surface area contributed by atoms with Crippen LogP contribution < -0.4 is 0 Å². The highest BCUT2D eigenvalue weighted by Crippen LogP contribution is 2.09. The maximum Gasteiger partial charge on any atom is 0.305 e. The van der Waals surface area contributed by atoms with E-state index in [0.717, 1.165) is 57.8 Å². The summed E-state index contributed by atoms with van der Waals surface area (Å²) in [5.74, 6) is -0.0522. The zero-order valence-electron chi connectivity index (χ0n) is 27.2. The Morgan fingerprint density at radius 1 is 0.488 bits per heavy atom. The monoisotopic (exact) mass is 571 g/mol. The van der Waals surface area contributed by atoms with Crippen molar-refractivity contribution >= 4 is 5.97 Å². The predicted octanol–water partition coefficient (Wildman–Crippen LogP) is 11.7. The highest BCUT2D eigenvalue weighted by molar-refractivity contribution is 5.69. The molecule has 0 bridgehead atoms. The number of allylic oxidation sites excluding steroid dienone is 12. The molecule has 3 heteroatoms. The molecule has 0 rings (SSSR count). The molecular formula is C38H66O3. The lowest BCUT2D eigenvalue weighted by atomic mass is 10.1. The predicted molar refractivity (Wildman–Crippen MR) is 182 cm³/mol. The van der Waals surface area contributed by atoms with Crippen LogP contribution in [0.1, 0.15) is 149 Å². The van der Waals surface area contributed by atoms with Crippen LogP contribution in [0.4, 0.5) is 0 Å². The Bertz CT molecular complexity index is 682. The van der Waals surface area contributed by atoms with E-state index in [-0.39, 0.29) is 5.97 Å². The smallest absolute Gasteiger partial charge is 0.305 e. The molecule has 0 saturated carbocycles. The molecule has 1 N–H and O–H groups in total. The molecule has 0 aliphatic rings. The van der Waals surface area contributed by atoms with Gasteiger partial charge in [-0.25, -0.2) is 0 Å². The number of ether oxygens (including phenoxy) is 1. The first-order valence-corrected chi connectivity index (χ1v) is 16.9. The van der Waals surface area contributed by atoms with Crippen LogP contribution >= 0.6 is 0 Å². The lowest BCUT2D eigenvalue weighted by molar-refractivity contribution is -0.143. The van der Waals surface area contributed by atoms with Crippen LogP contribution in [-0.2, 0) is 9.53 Å². The summed E-state index contributed by atoms with van der Waals surface area (Å²) in [6.45, 7) is 7.02. The Balaban J connectivity index is 0. The van der Waals surface area contributed by atoms with E-state index in [1.807, 2.05) is 6.92 Å². The molecule has 0 aliphatic heterocycles. The summed E-state index contributed by atoms with van der Waals surface area (Å²) in [5.41, 5.74) is 0. The van der Waals surface area contributed by atoms with Gasteiger partial charge in [0.1, 0.15) is 0 Å². The van der Waals surface area contributed by atoms with Gasteiger partial charge in [-0.1, -0.05) is 132 Å². The van der Waals surface area contributed by atoms with Gasteiger partial charge in [-0.05, 0) is 84.0 Å². The summed E-state index contributed by atoms with van der Waals surface area (Å²) >= 11 is 0. The van der Waals surface area contributed by atoms with E-state index >= 15 is 0 Å². The molecule has 0 amide bonds. The van der Waals surface area contributed by atoms with Crippen LogP contribution in [0, 0.1) is 0 Å². The second kappa shape index (κ2) is 40.0. The van der Waals surface area contributed by atoms with Crippen molar-refractivity contribution in [1.82, 2.24) is 0 Å². The topological polar surface area (TPSA) is 46.5 Å². The van der Waals surface area contributed by atoms with E-state index < -0.39 is 0 Å². The molecule has 0 fully saturated rings. The number of hydrogen-bond donors (Lipinski definition) is 1. The summed E-state index contributed by atoms with van der Waals surface area (Å²) in [5, 5.41) is 8.65. The van der Waals surface area contributed by atoms with Gasteiger partial charge in [0.05, 0.1) is 6.61 Å². The van der Waals surface area contributed by atoms with Crippen molar-refractivity contribution in [2.24, 2.45) is 0 Å². The van der Waals surface area contributed by atoms with Crippen LogP contribution in [0.25, 0.3) is 0 Å². The lowest BCUT2D eigenvalue weighted by Crippen LogP contribution is -2.03. The Kier molecular flexibility index (Phi) is 40.0. The standard InChI is InChI=1S/C20H34O2.C18H32O/c1-3-5-6-7-8-9-10-11-12-13-14-15-16-17-18-19-20(21)22-4-2;1-2-3-4-5-6-7-8-9-10-11-12-13-14-15-16-17-18-19/h5-6,8-9,11-12H,3-4,7,10,13-19H2,1-2H3;3-4,6-7,9-10,19H,2,5,8,11-18H2,1H3/b6-5-,9-8-,12-11-;4-3-,7-6-,10-9-. The molecule has 0 heterocycles. The third kappa shape index (κ3) is 42.5.